The van der Waals surface area contributed by atoms with Crippen molar-refractivity contribution >= 4 is 11.6 Å². The Kier molecular flexibility index (Phi) is 4.61. The van der Waals surface area contributed by atoms with Gasteiger partial charge in [0.2, 0.25) is 6.10 Å². The number of ether oxygens (including phenoxy) is 1. The second kappa shape index (κ2) is 7.00. The van der Waals surface area contributed by atoms with Crippen LogP contribution in [0, 0.1) is 0 Å². The summed E-state index contributed by atoms with van der Waals surface area (Å²) in [4.78, 5) is 17.3. The average molecular weight is 314 g/mol. The molecule has 0 aliphatic carbocycles. The third-order valence-corrected chi connectivity index (χ3v) is 3.64. The van der Waals surface area contributed by atoms with Crippen LogP contribution in [0.25, 0.3) is 0 Å². The summed E-state index contributed by atoms with van der Waals surface area (Å²) in [6, 6.07) is 11.2. The van der Waals surface area contributed by atoms with Crippen molar-refractivity contribution in [3.8, 4) is 5.75 Å². The standard InChI is InChI=1S/C17H18N2O4/c1-21-13-6-4-12(5-7-13)15-11-16(23-19-15)17(20)18-9-8-14-3-2-10-22-14/h2-7,10,16H,8-9,11H2,1H3,(H,18,20). The molecule has 1 aliphatic heterocycles. The number of carbonyl (C=O) groups is 1. The van der Waals surface area contributed by atoms with Crippen molar-refractivity contribution in [2.45, 2.75) is 18.9 Å². The van der Waals surface area contributed by atoms with Gasteiger partial charge in [-0.25, -0.2) is 0 Å². The molecular formula is C17H18N2O4. The normalized spacial score (nSPS) is 16.6. The molecule has 1 atom stereocenters. The van der Waals surface area contributed by atoms with E-state index < -0.39 is 6.10 Å². The molecule has 1 amide bonds. The summed E-state index contributed by atoms with van der Waals surface area (Å²) in [5.74, 6) is 1.46. The van der Waals surface area contributed by atoms with E-state index in [-0.39, 0.29) is 5.91 Å². The summed E-state index contributed by atoms with van der Waals surface area (Å²) in [5.41, 5.74) is 1.69. The quantitative estimate of drug-likeness (QED) is 0.886. The number of nitrogens with one attached hydrogen (secondary N) is 1. The van der Waals surface area contributed by atoms with Crippen molar-refractivity contribution in [2.24, 2.45) is 5.16 Å². The number of amides is 1. The number of carbonyl (C=O) groups excluding carboxylic acids is 1. The van der Waals surface area contributed by atoms with Crippen LogP contribution in [-0.2, 0) is 16.1 Å². The van der Waals surface area contributed by atoms with E-state index in [4.69, 9.17) is 14.0 Å². The Morgan fingerprint density at radius 1 is 1.35 bits per heavy atom. The topological polar surface area (TPSA) is 73.1 Å². The van der Waals surface area contributed by atoms with Gasteiger partial charge >= 0.3 is 0 Å². The van der Waals surface area contributed by atoms with Crippen LogP contribution in [0.15, 0.2) is 52.2 Å². The lowest BCUT2D eigenvalue weighted by Crippen LogP contribution is -2.35. The summed E-state index contributed by atoms with van der Waals surface area (Å²) < 4.78 is 10.3. The van der Waals surface area contributed by atoms with Gasteiger partial charge in [0.25, 0.3) is 5.91 Å². The summed E-state index contributed by atoms with van der Waals surface area (Å²) in [6.45, 7) is 0.504. The predicted octanol–water partition coefficient (Wildman–Crippen LogP) is 2.14. The fourth-order valence-electron chi connectivity index (χ4n) is 2.35. The van der Waals surface area contributed by atoms with Gasteiger partial charge in [-0.2, -0.15) is 0 Å². The van der Waals surface area contributed by atoms with Gasteiger partial charge in [-0.1, -0.05) is 5.16 Å². The highest BCUT2D eigenvalue weighted by Gasteiger charge is 2.28. The van der Waals surface area contributed by atoms with E-state index in [1.54, 1.807) is 13.4 Å². The molecule has 23 heavy (non-hydrogen) atoms. The van der Waals surface area contributed by atoms with Gasteiger partial charge in [0.1, 0.15) is 11.5 Å². The number of oxime groups is 1. The molecule has 0 saturated heterocycles. The molecule has 0 radical (unpaired) electrons. The van der Waals surface area contributed by atoms with Gasteiger partial charge in [-0.15, -0.1) is 0 Å². The van der Waals surface area contributed by atoms with Gasteiger partial charge in [0, 0.05) is 19.4 Å². The molecule has 2 aromatic rings. The number of furan rings is 1. The van der Waals surface area contributed by atoms with Crippen LogP contribution in [0.3, 0.4) is 0 Å². The summed E-state index contributed by atoms with van der Waals surface area (Å²) >= 11 is 0. The minimum atomic E-state index is -0.580. The Morgan fingerprint density at radius 2 is 2.17 bits per heavy atom. The first-order valence-corrected chi connectivity index (χ1v) is 7.43. The monoisotopic (exact) mass is 314 g/mol. The minimum absolute atomic E-state index is 0.163. The van der Waals surface area contributed by atoms with Crippen molar-refractivity contribution in [1.82, 2.24) is 5.32 Å². The van der Waals surface area contributed by atoms with Crippen molar-refractivity contribution in [2.75, 3.05) is 13.7 Å². The molecule has 6 nitrogen and oxygen atoms in total. The van der Waals surface area contributed by atoms with E-state index in [2.05, 4.69) is 10.5 Å². The SMILES string of the molecule is COc1ccc(C2=NOC(C(=O)NCCc3ccco3)C2)cc1. The van der Waals surface area contributed by atoms with Crippen LogP contribution in [0.1, 0.15) is 17.7 Å². The largest absolute Gasteiger partial charge is 0.497 e. The fraction of sp³-hybridized carbons (Fsp3) is 0.294. The predicted molar refractivity (Wildman–Crippen MR) is 84.4 cm³/mol. The highest BCUT2D eigenvalue weighted by molar-refractivity contribution is 6.04. The Labute approximate surface area is 134 Å². The maximum atomic E-state index is 12.1. The molecule has 1 aromatic carbocycles. The Bertz CT molecular complexity index is 677. The average Bonchev–Trinajstić information content (AvgIpc) is 3.26. The molecule has 120 valence electrons. The van der Waals surface area contributed by atoms with Crippen molar-refractivity contribution in [3.63, 3.8) is 0 Å². The van der Waals surface area contributed by atoms with Gasteiger partial charge in [0.05, 0.1) is 19.1 Å². The first-order chi connectivity index (χ1) is 11.3. The Morgan fingerprint density at radius 3 is 2.87 bits per heavy atom. The first-order valence-electron chi connectivity index (χ1n) is 7.43. The zero-order chi connectivity index (χ0) is 16.1. The smallest absolute Gasteiger partial charge is 0.264 e. The number of hydrogen-bond donors (Lipinski definition) is 1. The lowest BCUT2D eigenvalue weighted by molar-refractivity contribution is -0.131. The fourth-order valence-corrected chi connectivity index (χ4v) is 2.35. The van der Waals surface area contributed by atoms with E-state index >= 15 is 0 Å². The molecule has 1 N–H and O–H groups in total. The second-order valence-electron chi connectivity index (χ2n) is 5.19. The molecule has 0 spiro atoms. The van der Waals surface area contributed by atoms with Crippen LogP contribution in [0.5, 0.6) is 5.75 Å². The van der Waals surface area contributed by atoms with E-state index in [1.165, 1.54) is 0 Å². The molecule has 3 rings (SSSR count). The van der Waals surface area contributed by atoms with Crippen molar-refractivity contribution in [3.05, 3.63) is 54.0 Å². The summed E-state index contributed by atoms with van der Waals surface area (Å²) in [7, 11) is 1.62. The number of benzene rings is 1. The second-order valence-corrected chi connectivity index (χ2v) is 5.19. The summed E-state index contributed by atoms with van der Waals surface area (Å²) in [6.07, 6.45) is 2.15. The molecule has 6 heteroatoms. The number of rotatable bonds is 6. The first kappa shape index (κ1) is 15.1. The lowest BCUT2D eigenvalue weighted by atomic mass is 10.0. The molecule has 1 aliphatic rings. The molecule has 0 fully saturated rings. The van der Waals surface area contributed by atoms with Gasteiger partial charge in [0.15, 0.2) is 0 Å². The Hall–Kier alpha value is -2.76. The highest BCUT2D eigenvalue weighted by Crippen LogP contribution is 2.19. The zero-order valence-electron chi connectivity index (χ0n) is 12.8. The number of hydrogen-bond acceptors (Lipinski definition) is 5. The van der Waals surface area contributed by atoms with Crippen LogP contribution in [0.2, 0.25) is 0 Å². The lowest BCUT2D eigenvalue weighted by Gasteiger charge is -2.08. The van der Waals surface area contributed by atoms with Crippen LogP contribution < -0.4 is 10.1 Å². The number of nitrogens with zero attached hydrogens (tertiary/aromatic N) is 1. The van der Waals surface area contributed by atoms with Gasteiger partial charge in [-0.3, -0.25) is 4.79 Å². The van der Waals surface area contributed by atoms with E-state index in [0.29, 0.717) is 19.4 Å². The van der Waals surface area contributed by atoms with Crippen LogP contribution in [-0.4, -0.2) is 31.4 Å². The maximum absolute atomic E-state index is 12.1. The molecular weight excluding hydrogens is 296 g/mol. The number of methoxy groups -OCH3 is 1. The van der Waals surface area contributed by atoms with Crippen molar-refractivity contribution < 1.29 is 18.8 Å². The molecule has 2 heterocycles. The summed E-state index contributed by atoms with van der Waals surface area (Å²) in [5, 5.41) is 6.85. The molecule has 1 aromatic heterocycles. The maximum Gasteiger partial charge on any atom is 0.264 e. The van der Waals surface area contributed by atoms with Gasteiger partial charge < -0.3 is 19.3 Å². The van der Waals surface area contributed by atoms with Gasteiger partial charge in [-0.05, 0) is 42.0 Å². The third-order valence-electron chi connectivity index (χ3n) is 3.64. The van der Waals surface area contributed by atoms with Crippen LogP contribution >= 0.6 is 0 Å². The van der Waals surface area contributed by atoms with E-state index in [0.717, 1.165) is 22.8 Å². The zero-order valence-corrected chi connectivity index (χ0v) is 12.8. The molecule has 0 bridgehead atoms. The van der Waals surface area contributed by atoms with Crippen LogP contribution in [0.4, 0.5) is 0 Å². The van der Waals surface area contributed by atoms with Crippen molar-refractivity contribution in [1.29, 1.82) is 0 Å². The Balaban J connectivity index is 1.48. The van der Waals surface area contributed by atoms with E-state index in [1.807, 2.05) is 36.4 Å². The molecule has 1 unspecified atom stereocenters. The minimum Gasteiger partial charge on any atom is -0.497 e. The highest BCUT2D eigenvalue weighted by atomic mass is 16.6. The molecule has 0 saturated carbocycles. The third kappa shape index (κ3) is 3.71. The van der Waals surface area contributed by atoms with E-state index in [9.17, 15) is 4.79 Å².